The third-order valence-corrected chi connectivity index (χ3v) is 6.39. The summed E-state index contributed by atoms with van der Waals surface area (Å²) < 4.78 is 29.4. The molecular formula is C24H19BrF2N4OS. The summed E-state index contributed by atoms with van der Waals surface area (Å²) in [7, 11) is 0. The second kappa shape index (κ2) is 9.84. The van der Waals surface area contributed by atoms with E-state index >= 15 is 0 Å². The molecule has 0 fully saturated rings. The first-order valence-corrected chi connectivity index (χ1v) is 11.8. The van der Waals surface area contributed by atoms with Crippen LogP contribution < -0.4 is 5.32 Å². The van der Waals surface area contributed by atoms with Crippen molar-refractivity contribution in [2.45, 2.75) is 19.0 Å². The van der Waals surface area contributed by atoms with Gasteiger partial charge in [-0.1, -0.05) is 59.3 Å². The molecular weight excluding hydrogens is 510 g/mol. The highest BCUT2D eigenvalue weighted by Gasteiger charge is 2.18. The fourth-order valence-corrected chi connectivity index (χ4v) is 4.41. The number of benzene rings is 3. The minimum Gasteiger partial charge on any atom is -0.322 e. The standard InChI is InChI=1S/C24H19BrF2N4OS/c1-14-3-7-16(8-4-14)23-29-30-24(31(23)18-9-5-15(2)6-10-18)33-13-21(32)28-22-19(25)11-17(26)12-20(22)27/h3-12H,13H2,1-2H3,(H,28,32). The molecule has 1 amide bonds. The van der Waals surface area contributed by atoms with Crippen molar-refractivity contribution >= 4 is 39.3 Å². The third kappa shape index (κ3) is 5.31. The molecule has 3 aromatic carbocycles. The number of nitrogens with one attached hydrogen (secondary N) is 1. The van der Waals surface area contributed by atoms with Crippen molar-refractivity contribution in [2.24, 2.45) is 0 Å². The number of thioether (sulfide) groups is 1. The quantitative estimate of drug-likeness (QED) is 0.297. The van der Waals surface area contributed by atoms with Gasteiger partial charge in [-0.05, 0) is 48.0 Å². The zero-order valence-electron chi connectivity index (χ0n) is 17.8. The minimum absolute atomic E-state index is 0.0405. The first kappa shape index (κ1) is 23.1. The molecule has 0 aliphatic heterocycles. The van der Waals surface area contributed by atoms with E-state index in [0.717, 1.165) is 34.5 Å². The molecule has 0 saturated heterocycles. The van der Waals surface area contributed by atoms with Gasteiger partial charge in [0.2, 0.25) is 5.91 Å². The van der Waals surface area contributed by atoms with Gasteiger partial charge in [-0.2, -0.15) is 0 Å². The van der Waals surface area contributed by atoms with E-state index in [1.54, 1.807) is 0 Å². The van der Waals surface area contributed by atoms with Crippen LogP contribution in [0.25, 0.3) is 17.1 Å². The molecule has 168 valence electrons. The molecule has 33 heavy (non-hydrogen) atoms. The van der Waals surface area contributed by atoms with E-state index in [2.05, 4.69) is 31.4 Å². The van der Waals surface area contributed by atoms with Crippen molar-refractivity contribution in [2.75, 3.05) is 11.1 Å². The van der Waals surface area contributed by atoms with Crippen LogP contribution >= 0.6 is 27.7 Å². The predicted octanol–water partition coefficient (Wildman–Crippen LogP) is 6.32. The van der Waals surface area contributed by atoms with Crippen LogP contribution in [0.4, 0.5) is 14.5 Å². The lowest BCUT2D eigenvalue weighted by Gasteiger charge is -2.12. The monoisotopic (exact) mass is 528 g/mol. The van der Waals surface area contributed by atoms with Crippen LogP contribution in [0.15, 0.2) is 70.3 Å². The Balaban J connectivity index is 1.60. The molecule has 1 aromatic heterocycles. The lowest BCUT2D eigenvalue weighted by Crippen LogP contribution is -2.16. The molecule has 0 unspecified atom stereocenters. The molecule has 1 heterocycles. The molecule has 0 saturated carbocycles. The van der Waals surface area contributed by atoms with Crippen molar-refractivity contribution in [3.05, 3.63) is 87.9 Å². The van der Waals surface area contributed by atoms with Gasteiger partial charge in [-0.3, -0.25) is 9.36 Å². The Morgan fingerprint density at radius 1 is 1.00 bits per heavy atom. The molecule has 9 heteroatoms. The fraction of sp³-hybridized carbons (Fsp3) is 0.125. The van der Waals surface area contributed by atoms with Crippen LogP contribution in [-0.2, 0) is 4.79 Å². The average Bonchev–Trinajstić information content (AvgIpc) is 3.20. The fourth-order valence-electron chi connectivity index (χ4n) is 3.15. The second-order valence-electron chi connectivity index (χ2n) is 7.42. The van der Waals surface area contributed by atoms with Crippen molar-refractivity contribution in [3.8, 4) is 17.1 Å². The summed E-state index contributed by atoms with van der Waals surface area (Å²) in [6.45, 7) is 4.01. The highest BCUT2D eigenvalue weighted by atomic mass is 79.9. The van der Waals surface area contributed by atoms with Crippen molar-refractivity contribution in [1.29, 1.82) is 0 Å². The maximum absolute atomic E-state index is 14.1. The summed E-state index contributed by atoms with van der Waals surface area (Å²) in [4.78, 5) is 12.5. The maximum atomic E-state index is 14.1. The molecule has 4 rings (SSSR count). The highest BCUT2D eigenvalue weighted by Crippen LogP contribution is 2.30. The van der Waals surface area contributed by atoms with E-state index in [1.165, 1.54) is 11.8 Å². The molecule has 0 spiro atoms. The van der Waals surface area contributed by atoms with Crippen LogP contribution in [0.1, 0.15) is 11.1 Å². The number of hydrogen-bond donors (Lipinski definition) is 1. The van der Waals surface area contributed by atoms with Crippen molar-refractivity contribution < 1.29 is 13.6 Å². The number of hydrogen-bond acceptors (Lipinski definition) is 4. The van der Waals surface area contributed by atoms with Gasteiger partial charge in [0.15, 0.2) is 16.8 Å². The largest absolute Gasteiger partial charge is 0.322 e. The van der Waals surface area contributed by atoms with Gasteiger partial charge in [0.25, 0.3) is 0 Å². The van der Waals surface area contributed by atoms with Crippen LogP contribution in [0.5, 0.6) is 0 Å². The number of carbonyl (C=O) groups excluding carboxylic acids is 1. The van der Waals surface area contributed by atoms with Gasteiger partial charge < -0.3 is 5.32 Å². The summed E-state index contributed by atoms with van der Waals surface area (Å²) >= 11 is 4.25. The Bertz CT molecular complexity index is 1280. The maximum Gasteiger partial charge on any atom is 0.234 e. The molecule has 5 nitrogen and oxygen atoms in total. The number of anilines is 1. The first-order valence-electron chi connectivity index (χ1n) is 9.98. The molecule has 0 radical (unpaired) electrons. The summed E-state index contributed by atoms with van der Waals surface area (Å²) in [5.74, 6) is -1.44. The van der Waals surface area contributed by atoms with E-state index in [1.807, 2.05) is 66.9 Å². The van der Waals surface area contributed by atoms with Crippen LogP contribution in [0.2, 0.25) is 0 Å². The van der Waals surface area contributed by atoms with E-state index < -0.39 is 17.5 Å². The van der Waals surface area contributed by atoms with Crippen molar-refractivity contribution in [3.63, 3.8) is 0 Å². The molecule has 0 bridgehead atoms. The van der Waals surface area contributed by atoms with Gasteiger partial charge in [-0.25, -0.2) is 8.78 Å². The Labute approximate surface area is 202 Å². The predicted molar refractivity (Wildman–Crippen MR) is 130 cm³/mol. The molecule has 0 atom stereocenters. The summed E-state index contributed by atoms with van der Waals surface area (Å²) in [5.41, 5.74) is 3.89. The number of amides is 1. The molecule has 4 aromatic rings. The second-order valence-corrected chi connectivity index (χ2v) is 9.22. The summed E-state index contributed by atoms with van der Waals surface area (Å²) in [6, 6.07) is 17.7. The number of halogens is 3. The smallest absolute Gasteiger partial charge is 0.234 e. The number of nitrogens with zero attached hydrogens (tertiary/aromatic N) is 3. The average molecular weight is 529 g/mol. The van der Waals surface area contributed by atoms with Crippen LogP contribution in [0.3, 0.4) is 0 Å². The Morgan fingerprint density at radius 3 is 2.27 bits per heavy atom. The Morgan fingerprint density at radius 2 is 1.64 bits per heavy atom. The van der Waals surface area contributed by atoms with Crippen LogP contribution in [-0.4, -0.2) is 26.4 Å². The summed E-state index contributed by atoms with van der Waals surface area (Å²) in [5, 5.41) is 11.7. The molecule has 0 aliphatic rings. The van der Waals surface area contributed by atoms with Gasteiger partial charge in [-0.15, -0.1) is 10.2 Å². The first-order chi connectivity index (χ1) is 15.8. The number of aryl methyl sites for hydroxylation is 2. The third-order valence-electron chi connectivity index (χ3n) is 4.84. The number of rotatable bonds is 6. The zero-order valence-corrected chi connectivity index (χ0v) is 20.2. The van der Waals surface area contributed by atoms with Gasteiger partial charge in [0.05, 0.1) is 11.4 Å². The Hall–Kier alpha value is -3.04. The van der Waals surface area contributed by atoms with E-state index in [4.69, 9.17) is 0 Å². The normalized spacial score (nSPS) is 10.9. The highest BCUT2D eigenvalue weighted by molar-refractivity contribution is 9.10. The molecule has 1 N–H and O–H groups in total. The zero-order chi connectivity index (χ0) is 23.5. The SMILES string of the molecule is Cc1ccc(-c2nnc(SCC(=O)Nc3c(F)cc(F)cc3Br)n2-c2ccc(C)cc2)cc1. The lowest BCUT2D eigenvalue weighted by molar-refractivity contribution is -0.113. The van der Waals surface area contributed by atoms with E-state index in [-0.39, 0.29) is 15.9 Å². The van der Waals surface area contributed by atoms with E-state index in [0.29, 0.717) is 11.0 Å². The summed E-state index contributed by atoms with van der Waals surface area (Å²) in [6.07, 6.45) is 0. The number of carbonyl (C=O) groups is 1. The van der Waals surface area contributed by atoms with E-state index in [9.17, 15) is 13.6 Å². The topological polar surface area (TPSA) is 59.8 Å². The lowest BCUT2D eigenvalue weighted by atomic mass is 10.1. The van der Waals surface area contributed by atoms with Gasteiger partial charge >= 0.3 is 0 Å². The van der Waals surface area contributed by atoms with Crippen molar-refractivity contribution in [1.82, 2.24) is 14.8 Å². The van der Waals surface area contributed by atoms with Gasteiger partial charge in [0.1, 0.15) is 5.82 Å². The Kier molecular flexibility index (Phi) is 6.90. The number of aromatic nitrogens is 3. The minimum atomic E-state index is -0.857. The van der Waals surface area contributed by atoms with Gasteiger partial charge in [0, 0.05) is 21.8 Å². The molecule has 0 aliphatic carbocycles. The van der Waals surface area contributed by atoms with Crippen LogP contribution in [0, 0.1) is 25.5 Å².